The second-order valence-corrected chi connectivity index (χ2v) is 7.94. The molecule has 0 radical (unpaired) electrons. The van der Waals surface area contributed by atoms with Gasteiger partial charge in [-0.15, -0.1) is 0 Å². The Hall–Kier alpha value is -1.45. The minimum atomic E-state index is -5.11. The van der Waals surface area contributed by atoms with Gasteiger partial charge in [-0.3, -0.25) is 4.28 Å². The minimum Gasteiger partial charge on any atom is -0.714 e. The van der Waals surface area contributed by atoms with E-state index in [0.717, 1.165) is 0 Å². The average Bonchev–Trinajstić information content (AvgIpc) is 2.66. The standard InChI is InChI=1S/C15H21NO10S2/c1-24-9-4-2-8(3-5-9)6-11(16-26-28(21,22)23)27-15-14(20)13(19)12(18)10(7-17)25-15/h2-5,10,12-15,17-20H,6-7H2,1H3,(H,21,22,23)/p-1/b16-11-/t10-,12-,13+,14-,15+/m1/s1. The molecule has 0 saturated carbocycles. The third-order valence-electron chi connectivity index (χ3n) is 3.85. The Morgan fingerprint density at radius 2 is 1.86 bits per heavy atom. The van der Waals surface area contributed by atoms with Crippen molar-refractivity contribution in [3.8, 4) is 5.75 Å². The van der Waals surface area contributed by atoms with E-state index < -0.39 is 46.9 Å². The van der Waals surface area contributed by atoms with Crippen LogP contribution >= 0.6 is 11.8 Å². The van der Waals surface area contributed by atoms with E-state index in [1.807, 2.05) is 0 Å². The molecule has 0 bridgehead atoms. The van der Waals surface area contributed by atoms with Crippen LogP contribution in [0.15, 0.2) is 29.4 Å². The van der Waals surface area contributed by atoms with E-state index in [2.05, 4.69) is 9.44 Å². The highest BCUT2D eigenvalue weighted by Crippen LogP contribution is 2.30. The summed E-state index contributed by atoms with van der Waals surface area (Å²) in [4.78, 5) is 0. The van der Waals surface area contributed by atoms with Crippen molar-refractivity contribution in [1.82, 2.24) is 0 Å². The van der Waals surface area contributed by atoms with Crippen LogP contribution in [0.2, 0.25) is 0 Å². The van der Waals surface area contributed by atoms with Gasteiger partial charge in [0.05, 0.1) is 13.7 Å². The monoisotopic (exact) mass is 438 g/mol. The fourth-order valence-electron chi connectivity index (χ4n) is 2.40. The molecule has 2 rings (SSSR count). The summed E-state index contributed by atoms with van der Waals surface area (Å²) in [6, 6.07) is 6.62. The molecule has 1 aromatic rings. The van der Waals surface area contributed by atoms with Gasteiger partial charge in [0.2, 0.25) is 0 Å². The smallest absolute Gasteiger partial charge is 0.284 e. The lowest BCUT2D eigenvalue weighted by Gasteiger charge is -2.39. The lowest BCUT2D eigenvalue weighted by molar-refractivity contribution is -0.205. The quantitative estimate of drug-likeness (QED) is 0.129. The molecule has 5 atom stereocenters. The Labute approximate surface area is 165 Å². The molecule has 1 aliphatic heterocycles. The first-order valence-electron chi connectivity index (χ1n) is 7.96. The van der Waals surface area contributed by atoms with Gasteiger partial charge in [0.1, 0.15) is 40.6 Å². The second kappa shape index (κ2) is 9.84. The summed E-state index contributed by atoms with van der Waals surface area (Å²) in [7, 11) is -3.63. The Morgan fingerprint density at radius 1 is 1.21 bits per heavy atom. The predicted molar refractivity (Wildman–Crippen MR) is 96.3 cm³/mol. The van der Waals surface area contributed by atoms with Crippen LogP contribution in [0.3, 0.4) is 0 Å². The summed E-state index contributed by atoms with van der Waals surface area (Å²) < 4.78 is 46.5. The fraction of sp³-hybridized carbons (Fsp3) is 0.533. The minimum absolute atomic E-state index is 0.000792. The zero-order chi connectivity index (χ0) is 20.9. The average molecular weight is 438 g/mol. The number of aliphatic hydroxyl groups is 4. The van der Waals surface area contributed by atoms with E-state index >= 15 is 0 Å². The Kier molecular flexibility index (Phi) is 8.03. The van der Waals surface area contributed by atoms with Gasteiger partial charge < -0.3 is 34.5 Å². The summed E-state index contributed by atoms with van der Waals surface area (Å²) in [5.74, 6) is 0.585. The molecule has 0 spiro atoms. The fourth-order valence-corrected chi connectivity index (χ4v) is 3.73. The van der Waals surface area contributed by atoms with E-state index in [9.17, 15) is 33.4 Å². The van der Waals surface area contributed by atoms with Crippen molar-refractivity contribution < 1.29 is 47.2 Å². The largest absolute Gasteiger partial charge is 0.714 e. The molecule has 1 heterocycles. The highest BCUT2D eigenvalue weighted by molar-refractivity contribution is 8.14. The Morgan fingerprint density at radius 3 is 2.39 bits per heavy atom. The number of ether oxygens (including phenoxy) is 2. The maximum absolute atomic E-state index is 10.7. The molecule has 11 nitrogen and oxygen atoms in total. The topological polar surface area (TPSA) is 178 Å². The summed E-state index contributed by atoms with van der Waals surface area (Å²) >= 11 is 0.680. The van der Waals surface area contributed by atoms with Gasteiger partial charge in [-0.05, 0) is 17.7 Å². The van der Waals surface area contributed by atoms with Crippen molar-refractivity contribution in [3.05, 3.63) is 29.8 Å². The summed E-state index contributed by atoms with van der Waals surface area (Å²) in [6.07, 6.45) is -5.89. The Balaban J connectivity index is 2.20. The normalized spacial score (nSPS) is 28.8. The summed E-state index contributed by atoms with van der Waals surface area (Å²) in [5.41, 5.74) is -0.575. The first-order valence-corrected chi connectivity index (χ1v) is 10.2. The van der Waals surface area contributed by atoms with Crippen LogP contribution < -0.4 is 4.74 Å². The number of benzene rings is 1. The number of hydrogen-bond acceptors (Lipinski definition) is 12. The summed E-state index contributed by atoms with van der Waals surface area (Å²) in [5, 5.41) is 42.3. The number of aliphatic hydroxyl groups excluding tert-OH is 4. The number of rotatable bonds is 7. The molecule has 28 heavy (non-hydrogen) atoms. The zero-order valence-electron chi connectivity index (χ0n) is 14.6. The number of methoxy groups -OCH3 is 1. The van der Waals surface area contributed by atoms with Crippen LogP contribution in [0.5, 0.6) is 5.75 Å². The molecule has 13 heteroatoms. The van der Waals surface area contributed by atoms with Crippen LogP contribution in [0.1, 0.15) is 5.56 Å². The van der Waals surface area contributed by atoms with Gasteiger partial charge in [0, 0.05) is 6.42 Å². The highest BCUT2D eigenvalue weighted by Gasteiger charge is 2.44. The van der Waals surface area contributed by atoms with Crippen molar-refractivity contribution in [2.45, 2.75) is 36.3 Å². The third kappa shape index (κ3) is 6.28. The number of nitrogens with zero attached hydrogens (tertiary/aromatic N) is 1. The van der Waals surface area contributed by atoms with E-state index in [1.165, 1.54) is 7.11 Å². The van der Waals surface area contributed by atoms with Gasteiger partial charge in [0.15, 0.2) is 0 Å². The molecular formula is C15H20NO10S2-. The lowest BCUT2D eigenvalue weighted by Crippen LogP contribution is -2.57. The molecule has 0 unspecified atom stereocenters. The first-order chi connectivity index (χ1) is 13.1. The highest BCUT2D eigenvalue weighted by atomic mass is 32.3. The van der Waals surface area contributed by atoms with E-state index in [-0.39, 0.29) is 11.5 Å². The molecule has 1 saturated heterocycles. The molecule has 1 aromatic carbocycles. The van der Waals surface area contributed by atoms with Crippen molar-refractivity contribution in [1.29, 1.82) is 0 Å². The number of hydrogen-bond donors (Lipinski definition) is 4. The van der Waals surface area contributed by atoms with Crippen LogP contribution in [0, 0.1) is 0 Å². The van der Waals surface area contributed by atoms with Crippen molar-refractivity contribution in [2.75, 3.05) is 13.7 Å². The van der Waals surface area contributed by atoms with E-state index in [0.29, 0.717) is 23.1 Å². The van der Waals surface area contributed by atoms with Crippen LogP contribution in [0.25, 0.3) is 0 Å². The third-order valence-corrected chi connectivity index (χ3v) is 5.22. The number of thioether (sulfide) groups is 1. The van der Waals surface area contributed by atoms with Crippen LogP contribution in [-0.4, -0.2) is 82.0 Å². The second-order valence-electron chi connectivity index (χ2n) is 5.81. The molecule has 0 aliphatic carbocycles. The molecule has 0 amide bonds. The predicted octanol–water partition coefficient (Wildman–Crippen LogP) is -1.44. The maximum atomic E-state index is 10.7. The molecule has 4 N–H and O–H groups in total. The molecule has 1 aliphatic rings. The maximum Gasteiger partial charge on any atom is 0.284 e. The van der Waals surface area contributed by atoms with Crippen molar-refractivity contribution in [3.63, 3.8) is 0 Å². The first kappa shape index (κ1) is 22.8. The van der Waals surface area contributed by atoms with Crippen molar-refractivity contribution in [2.24, 2.45) is 5.16 Å². The number of oxime groups is 1. The lowest BCUT2D eigenvalue weighted by atomic mass is 10.0. The molecule has 1 fully saturated rings. The van der Waals surface area contributed by atoms with Crippen molar-refractivity contribution >= 4 is 27.2 Å². The zero-order valence-corrected chi connectivity index (χ0v) is 16.2. The van der Waals surface area contributed by atoms with Gasteiger partial charge in [-0.25, -0.2) is 0 Å². The molecule has 158 valence electrons. The Bertz CT molecular complexity index is 768. The van der Waals surface area contributed by atoms with Gasteiger partial charge in [-0.1, -0.05) is 29.1 Å². The van der Waals surface area contributed by atoms with Gasteiger partial charge in [0.25, 0.3) is 10.4 Å². The van der Waals surface area contributed by atoms with E-state index in [1.54, 1.807) is 24.3 Å². The summed E-state index contributed by atoms with van der Waals surface area (Å²) in [6.45, 7) is -0.627. The van der Waals surface area contributed by atoms with Crippen LogP contribution in [-0.2, 0) is 25.8 Å². The van der Waals surface area contributed by atoms with Crippen LogP contribution in [0.4, 0.5) is 0 Å². The molecular weight excluding hydrogens is 418 g/mol. The van der Waals surface area contributed by atoms with E-state index in [4.69, 9.17) is 9.47 Å². The van der Waals surface area contributed by atoms with Gasteiger partial charge >= 0.3 is 0 Å². The van der Waals surface area contributed by atoms with Gasteiger partial charge in [-0.2, -0.15) is 8.42 Å². The SMILES string of the molecule is COc1ccc(C/C(=N/OS(=O)(=O)[O-])S[C@@H]2O[C@H](CO)[C@@H](O)[C@H](O)[C@H]2O)cc1. The molecule has 0 aromatic heterocycles.